The quantitative estimate of drug-likeness (QED) is 0.545. The first kappa shape index (κ1) is 18.4. The lowest BCUT2D eigenvalue weighted by Gasteiger charge is -2.31. The number of carbonyl (C=O) groups is 2. The van der Waals surface area contributed by atoms with Crippen molar-refractivity contribution in [1.29, 1.82) is 0 Å². The Kier molecular flexibility index (Phi) is 5.67. The Morgan fingerprint density at radius 1 is 1.35 bits per heavy atom. The Morgan fingerprint density at radius 3 is 2.39 bits per heavy atom. The van der Waals surface area contributed by atoms with Crippen LogP contribution in [0, 0.1) is 15.5 Å². The molecule has 1 rings (SSSR count). The summed E-state index contributed by atoms with van der Waals surface area (Å²) in [5, 5.41) is 25.6. The summed E-state index contributed by atoms with van der Waals surface area (Å²) in [4.78, 5) is 33.4. The zero-order valence-corrected chi connectivity index (χ0v) is 13.5. The lowest BCUT2D eigenvalue weighted by molar-refractivity contribution is -0.384. The number of nitro benzene ring substituents is 1. The van der Waals surface area contributed by atoms with Crippen molar-refractivity contribution in [3.63, 3.8) is 0 Å². The molecule has 0 aromatic heterocycles. The zero-order chi connectivity index (χ0) is 17.8. The lowest BCUT2D eigenvalue weighted by atomic mass is 9.84. The van der Waals surface area contributed by atoms with Gasteiger partial charge in [0.25, 0.3) is 11.6 Å². The summed E-state index contributed by atoms with van der Waals surface area (Å²) in [5.74, 6) is -1.39. The Bertz CT molecular complexity index is 622. The van der Waals surface area contributed by atoms with Crippen molar-refractivity contribution >= 4 is 23.3 Å². The van der Waals surface area contributed by atoms with E-state index < -0.39 is 22.3 Å². The fourth-order valence-corrected chi connectivity index (χ4v) is 2.03. The minimum absolute atomic E-state index is 0.122. The molecule has 0 aliphatic carbocycles. The third-order valence-corrected chi connectivity index (χ3v) is 3.44. The van der Waals surface area contributed by atoms with Gasteiger partial charge in [-0.3, -0.25) is 19.7 Å². The number of nitrogens with one attached hydrogen (secondary N) is 2. The van der Waals surface area contributed by atoms with Crippen LogP contribution in [0.4, 0.5) is 11.4 Å². The highest BCUT2D eigenvalue weighted by atomic mass is 16.6. The topological polar surface area (TPSA) is 122 Å². The van der Waals surface area contributed by atoms with Crippen LogP contribution in [0.25, 0.3) is 0 Å². The number of aliphatic carboxylic acids is 1. The van der Waals surface area contributed by atoms with E-state index in [0.717, 1.165) is 0 Å². The van der Waals surface area contributed by atoms with E-state index in [9.17, 15) is 19.7 Å². The van der Waals surface area contributed by atoms with Crippen molar-refractivity contribution in [1.82, 2.24) is 5.32 Å². The molecule has 3 N–H and O–H groups in total. The molecule has 8 heteroatoms. The van der Waals surface area contributed by atoms with Gasteiger partial charge in [-0.1, -0.05) is 20.8 Å². The number of carboxylic acids is 1. The van der Waals surface area contributed by atoms with E-state index in [1.54, 1.807) is 0 Å². The van der Waals surface area contributed by atoms with Crippen molar-refractivity contribution < 1.29 is 19.6 Å². The summed E-state index contributed by atoms with van der Waals surface area (Å²) >= 11 is 0. The monoisotopic (exact) mass is 323 g/mol. The minimum Gasteiger partial charge on any atom is -0.481 e. The average Bonchev–Trinajstić information content (AvgIpc) is 2.43. The molecular weight excluding hydrogens is 302 g/mol. The predicted molar refractivity (Wildman–Crippen MR) is 85.6 cm³/mol. The SMILES string of the molecule is CNC(=O)c1ccc([N+](=O)[O-])c(NC(CC(=O)O)C(C)(C)C)c1. The number of amides is 1. The summed E-state index contributed by atoms with van der Waals surface area (Å²) in [6, 6.07) is 3.40. The van der Waals surface area contributed by atoms with E-state index in [2.05, 4.69) is 10.6 Å². The number of carbonyl (C=O) groups excluding carboxylic acids is 1. The van der Waals surface area contributed by atoms with Gasteiger partial charge < -0.3 is 15.7 Å². The van der Waals surface area contributed by atoms with Crippen molar-refractivity contribution in [3.8, 4) is 0 Å². The number of rotatable bonds is 6. The van der Waals surface area contributed by atoms with Gasteiger partial charge in [0.1, 0.15) is 5.69 Å². The van der Waals surface area contributed by atoms with Gasteiger partial charge in [0.15, 0.2) is 0 Å². The second-order valence-electron chi connectivity index (χ2n) is 6.23. The predicted octanol–water partition coefficient (Wildman–Crippen LogP) is 2.26. The van der Waals surface area contributed by atoms with Crippen molar-refractivity contribution in [2.24, 2.45) is 5.41 Å². The maximum Gasteiger partial charge on any atom is 0.305 e. The van der Waals surface area contributed by atoms with Crippen LogP contribution in [-0.4, -0.2) is 35.0 Å². The first-order valence-electron chi connectivity index (χ1n) is 7.05. The third-order valence-electron chi connectivity index (χ3n) is 3.44. The summed E-state index contributed by atoms with van der Waals surface area (Å²) in [6.45, 7) is 5.51. The molecule has 126 valence electrons. The van der Waals surface area contributed by atoms with Crippen molar-refractivity contribution in [3.05, 3.63) is 33.9 Å². The van der Waals surface area contributed by atoms with Gasteiger partial charge in [-0.25, -0.2) is 0 Å². The molecule has 8 nitrogen and oxygen atoms in total. The highest BCUT2D eigenvalue weighted by Gasteiger charge is 2.29. The molecule has 0 aliphatic rings. The van der Waals surface area contributed by atoms with Crippen LogP contribution in [0.1, 0.15) is 37.6 Å². The Balaban J connectivity index is 3.28. The van der Waals surface area contributed by atoms with Crippen LogP contribution >= 0.6 is 0 Å². The molecule has 0 fully saturated rings. The van der Waals surface area contributed by atoms with E-state index in [1.165, 1.54) is 25.2 Å². The van der Waals surface area contributed by atoms with Crippen LogP contribution in [-0.2, 0) is 4.79 Å². The molecule has 0 saturated heterocycles. The molecule has 1 unspecified atom stereocenters. The summed E-state index contributed by atoms with van der Waals surface area (Å²) in [7, 11) is 1.46. The second kappa shape index (κ2) is 7.08. The molecule has 1 amide bonds. The van der Waals surface area contributed by atoms with Crippen LogP contribution in [0.5, 0.6) is 0 Å². The van der Waals surface area contributed by atoms with Crippen LogP contribution in [0.2, 0.25) is 0 Å². The van der Waals surface area contributed by atoms with E-state index in [-0.39, 0.29) is 29.3 Å². The molecule has 1 aromatic carbocycles. The van der Waals surface area contributed by atoms with Gasteiger partial charge in [-0.2, -0.15) is 0 Å². The highest BCUT2D eigenvalue weighted by Crippen LogP contribution is 2.31. The first-order chi connectivity index (χ1) is 10.6. The minimum atomic E-state index is -1.01. The van der Waals surface area contributed by atoms with Crippen molar-refractivity contribution in [2.45, 2.75) is 33.2 Å². The van der Waals surface area contributed by atoms with Crippen LogP contribution in [0.3, 0.4) is 0 Å². The number of carboxylic acid groups (broad SMARTS) is 1. The average molecular weight is 323 g/mol. The summed E-state index contributed by atoms with van der Waals surface area (Å²) < 4.78 is 0. The normalized spacial score (nSPS) is 12.3. The maximum absolute atomic E-state index is 11.7. The Labute approximate surface area is 134 Å². The van der Waals surface area contributed by atoms with E-state index in [0.29, 0.717) is 0 Å². The molecule has 23 heavy (non-hydrogen) atoms. The van der Waals surface area contributed by atoms with E-state index >= 15 is 0 Å². The first-order valence-corrected chi connectivity index (χ1v) is 7.05. The number of benzene rings is 1. The number of anilines is 1. The fourth-order valence-electron chi connectivity index (χ4n) is 2.03. The van der Waals surface area contributed by atoms with Gasteiger partial charge in [-0.05, 0) is 17.5 Å². The Morgan fingerprint density at radius 2 is 1.96 bits per heavy atom. The molecule has 0 spiro atoms. The smallest absolute Gasteiger partial charge is 0.305 e. The number of hydrogen-bond acceptors (Lipinski definition) is 5. The van der Waals surface area contributed by atoms with Crippen molar-refractivity contribution in [2.75, 3.05) is 12.4 Å². The molecule has 0 bridgehead atoms. The van der Waals surface area contributed by atoms with Gasteiger partial charge >= 0.3 is 5.97 Å². The lowest BCUT2D eigenvalue weighted by Crippen LogP contribution is -2.36. The number of nitro groups is 1. The second-order valence-corrected chi connectivity index (χ2v) is 6.23. The summed E-state index contributed by atoms with van der Waals surface area (Å²) in [5.41, 5.74) is -0.284. The third kappa shape index (κ3) is 4.94. The molecular formula is C15H21N3O5. The van der Waals surface area contributed by atoms with Gasteiger partial charge in [0.05, 0.1) is 11.3 Å². The van der Waals surface area contributed by atoms with Gasteiger partial charge in [0.2, 0.25) is 0 Å². The molecule has 1 atom stereocenters. The summed E-state index contributed by atoms with van der Waals surface area (Å²) in [6.07, 6.45) is -0.204. The molecule has 0 saturated carbocycles. The molecule has 1 aromatic rings. The Hall–Kier alpha value is -2.64. The number of nitrogens with zero attached hydrogens (tertiary/aromatic N) is 1. The van der Waals surface area contributed by atoms with Gasteiger partial charge in [-0.15, -0.1) is 0 Å². The largest absolute Gasteiger partial charge is 0.481 e. The van der Waals surface area contributed by atoms with E-state index in [1.807, 2.05) is 20.8 Å². The zero-order valence-electron chi connectivity index (χ0n) is 13.5. The molecule has 0 radical (unpaired) electrons. The standard InChI is InChI=1S/C15H21N3O5/c1-15(2,3)12(8-13(19)20)17-10-7-9(14(21)16-4)5-6-11(10)18(22)23/h5-7,12,17H,8H2,1-4H3,(H,16,21)(H,19,20). The van der Waals surface area contributed by atoms with E-state index in [4.69, 9.17) is 5.11 Å². The number of hydrogen-bond donors (Lipinski definition) is 3. The maximum atomic E-state index is 11.7. The fraction of sp³-hybridized carbons (Fsp3) is 0.467. The van der Waals surface area contributed by atoms with Crippen LogP contribution in [0.15, 0.2) is 18.2 Å². The molecule has 0 aliphatic heterocycles. The molecule has 0 heterocycles. The highest BCUT2D eigenvalue weighted by molar-refractivity contribution is 5.95. The van der Waals surface area contributed by atoms with Gasteiger partial charge in [0, 0.05) is 24.7 Å². The van der Waals surface area contributed by atoms with Crippen LogP contribution < -0.4 is 10.6 Å².